The van der Waals surface area contributed by atoms with Gasteiger partial charge >= 0.3 is 0 Å². The molecule has 0 aliphatic rings. The zero-order valence-electron chi connectivity index (χ0n) is 11.8. The summed E-state index contributed by atoms with van der Waals surface area (Å²) in [7, 11) is 3.99. The van der Waals surface area contributed by atoms with Gasteiger partial charge in [0.2, 0.25) is 0 Å². The van der Waals surface area contributed by atoms with E-state index < -0.39 is 6.10 Å². The van der Waals surface area contributed by atoms with Crippen LogP contribution in [0.25, 0.3) is 0 Å². The van der Waals surface area contributed by atoms with Gasteiger partial charge in [-0.3, -0.25) is 0 Å². The van der Waals surface area contributed by atoms with E-state index in [2.05, 4.69) is 15.9 Å². The third-order valence-electron chi connectivity index (χ3n) is 2.99. The number of halogens is 1. The van der Waals surface area contributed by atoms with E-state index in [0.29, 0.717) is 0 Å². The van der Waals surface area contributed by atoms with Crippen LogP contribution in [0.2, 0.25) is 0 Å². The Morgan fingerprint density at radius 3 is 2.40 bits per heavy atom. The van der Waals surface area contributed by atoms with E-state index in [-0.39, 0.29) is 0 Å². The van der Waals surface area contributed by atoms with E-state index in [1.807, 2.05) is 61.5 Å². The lowest BCUT2D eigenvalue weighted by molar-refractivity contribution is 0.198. The van der Waals surface area contributed by atoms with E-state index in [9.17, 15) is 5.11 Å². The lowest BCUT2D eigenvalue weighted by Crippen LogP contribution is -2.08. The van der Waals surface area contributed by atoms with Crippen molar-refractivity contribution in [2.45, 2.75) is 13.0 Å². The first kappa shape index (κ1) is 14.9. The second-order valence-corrected chi connectivity index (χ2v) is 5.71. The maximum atomic E-state index is 9.61. The van der Waals surface area contributed by atoms with E-state index in [1.54, 1.807) is 6.92 Å². The molecule has 1 atom stereocenters. The molecule has 106 valence electrons. The maximum Gasteiger partial charge on any atom is 0.129 e. The van der Waals surface area contributed by atoms with Crippen LogP contribution in [0.3, 0.4) is 0 Å². The minimum Gasteiger partial charge on any atom is -0.457 e. The van der Waals surface area contributed by atoms with Crippen LogP contribution in [0.5, 0.6) is 11.5 Å². The predicted octanol–water partition coefficient (Wildman–Crippen LogP) is 4.36. The molecule has 0 saturated heterocycles. The Labute approximate surface area is 127 Å². The van der Waals surface area contributed by atoms with E-state index in [4.69, 9.17) is 4.74 Å². The second kappa shape index (κ2) is 6.29. The van der Waals surface area contributed by atoms with Crippen molar-refractivity contribution in [3.63, 3.8) is 0 Å². The van der Waals surface area contributed by atoms with Gasteiger partial charge in [-0.15, -0.1) is 0 Å². The third-order valence-corrected chi connectivity index (χ3v) is 3.68. The summed E-state index contributed by atoms with van der Waals surface area (Å²) in [5, 5.41) is 9.61. The molecule has 4 heteroatoms. The molecule has 0 aliphatic carbocycles. The molecule has 1 unspecified atom stereocenters. The molecule has 20 heavy (non-hydrogen) atoms. The van der Waals surface area contributed by atoms with Crippen molar-refractivity contribution in [3.8, 4) is 11.5 Å². The zero-order chi connectivity index (χ0) is 14.7. The summed E-state index contributed by atoms with van der Waals surface area (Å²) >= 11 is 3.45. The van der Waals surface area contributed by atoms with Crippen LogP contribution in [-0.2, 0) is 0 Å². The molecule has 0 heterocycles. The number of aliphatic hydroxyl groups excluding tert-OH is 1. The molecule has 2 aromatic rings. The Kier molecular flexibility index (Phi) is 4.68. The van der Waals surface area contributed by atoms with Gasteiger partial charge in [0.15, 0.2) is 0 Å². The van der Waals surface area contributed by atoms with E-state index in [1.165, 1.54) is 0 Å². The number of benzene rings is 2. The highest BCUT2D eigenvalue weighted by molar-refractivity contribution is 9.10. The summed E-state index contributed by atoms with van der Waals surface area (Å²) in [4.78, 5) is 2.03. The average molecular weight is 336 g/mol. The first-order valence-electron chi connectivity index (χ1n) is 6.40. The first-order valence-corrected chi connectivity index (χ1v) is 7.19. The molecular weight excluding hydrogens is 318 g/mol. The SMILES string of the molecule is CC(O)c1ccc(Oc2cccc(N(C)C)c2)cc1Br. The molecule has 0 amide bonds. The molecule has 0 aromatic heterocycles. The molecular formula is C16H18BrNO2. The van der Waals surface area contributed by atoms with Crippen molar-refractivity contribution >= 4 is 21.6 Å². The van der Waals surface area contributed by atoms with Crippen LogP contribution in [0.4, 0.5) is 5.69 Å². The second-order valence-electron chi connectivity index (χ2n) is 4.85. The van der Waals surface area contributed by atoms with Gasteiger partial charge in [-0.05, 0) is 36.8 Å². The number of aliphatic hydroxyl groups is 1. The van der Waals surface area contributed by atoms with E-state index in [0.717, 1.165) is 27.2 Å². The molecule has 0 saturated carbocycles. The van der Waals surface area contributed by atoms with Crippen molar-refractivity contribution in [1.29, 1.82) is 0 Å². The molecule has 2 rings (SSSR count). The Hall–Kier alpha value is -1.52. The lowest BCUT2D eigenvalue weighted by atomic mass is 10.1. The highest BCUT2D eigenvalue weighted by Gasteiger charge is 2.08. The summed E-state index contributed by atoms with van der Waals surface area (Å²) in [5.74, 6) is 1.52. The normalized spacial score (nSPS) is 12.1. The van der Waals surface area contributed by atoms with Crippen LogP contribution < -0.4 is 9.64 Å². The molecule has 0 radical (unpaired) electrons. The van der Waals surface area contributed by atoms with Gasteiger partial charge in [0.1, 0.15) is 11.5 Å². The Morgan fingerprint density at radius 1 is 1.10 bits per heavy atom. The minimum absolute atomic E-state index is 0.504. The monoisotopic (exact) mass is 335 g/mol. The fourth-order valence-electron chi connectivity index (χ4n) is 1.87. The highest BCUT2D eigenvalue weighted by Crippen LogP contribution is 2.31. The Morgan fingerprint density at radius 2 is 1.80 bits per heavy atom. The largest absolute Gasteiger partial charge is 0.457 e. The molecule has 0 aliphatic heterocycles. The molecule has 0 bridgehead atoms. The lowest BCUT2D eigenvalue weighted by Gasteiger charge is -2.14. The van der Waals surface area contributed by atoms with Gasteiger partial charge in [-0.2, -0.15) is 0 Å². The predicted molar refractivity (Wildman–Crippen MR) is 85.6 cm³/mol. The van der Waals surface area contributed by atoms with Crippen LogP contribution in [-0.4, -0.2) is 19.2 Å². The van der Waals surface area contributed by atoms with Gasteiger partial charge in [-0.25, -0.2) is 0 Å². The standard InChI is InChI=1S/C16H18BrNO2/c1-11(19)15-8-7-14(10-16(15)17)20-13-6-4-5-12(9-13)18(2)3/h4-11,19H,1-3H3. The van der Waals surface area contributed by atoms with E-state index >= 15 is 0 Å². The highest BCUT2D eigenvalue weighted by atomic mass is 79.9. The summed E-state index contributed by atoms with van der Waals surface area (Å²) in [5.41, 5.74) is 1.93. The van der Waals surface area contributed by atoms with Gasteiger partial charge < -0.3 is 14.7 Å². The van der Waals surface area contributed by atoms with Crippen LogP contribution in [0.1, 0.15) is 18.6 Å². The number of ether oxygens (including phenoxy) is 1. The number of anilines is 1. The quantitative estimate of drug-likeness (QED) is 0.900. The van der Waals surface area contributed by atoms with Crippen molar-refractivity contribution in [2.24, 2.45) is 0 Å². The fraction of sp³-hybridized carbons (Fsp3) is 0.250. The number of hydrogen-bond acceptors (Lipinski definition) is 3. The third kappa shape index (κ3) is 3.52. The van der Waals surface area contributed by atoms with Crippen LogP contribution in [0, 0.1) is 0 Å². The molecule has 0 fully saturated rings. The Balaban J connectivity index is 2.22. The molecule has 0 spiro atoms. The van der Waals surface area contributed by atoms with Gasteiger partial charge in [0.25, 0.3) is 0 Å². The summed E-state index contributed by atoms with van der Waals surface area (Å²) in [6.07, 6.45) is -0.504. The van der Waals surface area contributed by atoms with Crippen molar-refractivity contribution in [3.05, 3.63) is 52.5 Å². The van der Waals surface area contributed by atoms with Crippen molar-refractivity contribution < 1.29 is 9.84 Å². The Bertz CT molecular complexity index is 597. The number of nitrogens with zero attached hydrogens (tertiary/aromatic N) is 1. The average Bonchev–Trinajstić information content (AvgIpc) is 2.38. The van der Waals surface area contributed by atoms with Crippen LogP contribution >= 0.6 is 15.9 Å². The van der Waals surface area contributed by atoms with Gasteiger partial charge in [0, 0.05) is 30.3 Å². The fourth-order valence-corrected chi connectivity index (χ4v) is 2.56. The van der Waals surface area contributed by atoms with Crippen molar-refractivity contribution in [2.75, 3.05) is 19.0 Å². The summed E-state index contributed by atoms with van der Waals surface area (Å²) < 4.78 is 6.69. The van der Waals surface area contributed by atoms with Crippen molar-refractivity contribution in [1.82, 2.24) is 0 Å². The number of hydrogen-bond donors (Lipinski definition) is 1. The van der Waals surface area contributed by atoms with Gasteiger partial charge in [-0.1, -0.05) is 28.1 Å². The zero-order valence-corrected chi connectivity index (χ0v) is 13.4. The smallest absolute Gasteiger partial charge is 0.129 e. The molecule has 1 N–H and O–H groups in total. The number of rotatable bonds is 4. The topological polar surface area (TPSA) is 32.7 Å². The van der Waals surface area contributed by atoms with Gasteiger partial charge in [0.05, 0.1) is 6.10 Å². The molecule has 2 aromatic carbocycles. The summed E-state index contributed by atoms with van der Waals surface area (Å²) in [6.45, 7) is 1.74. The maximum absolute atomic E-state index is 9.61. The first-order chi connectivity index (χ1) is 9.47. The molecule has 3 nitrogen and oxygen atoms in total. The summed E-state index contributed by atoms with van der Waals surface area (Å²) in [6, 6.07) is 13.5. The minimum atomic E-state index is -0.504. The van der Waals surface area contributed by atoms with Crippen LogP contribution in [0.15, 0.2) is 46.9 Å².